The number of fused-ring (bicyclic) bond motifs is 1. The zero-order chi connectivity index (χ0) is 18.1. The lowest BCUT2D eigenvalue weighted by atomic mass is 10.0. The molecule has 1 saturated heterocycles. The van der Waals surface area contributed by atoms with Crippen molar-refractivity contribution >= 4 is 0 Å². The first kappa shape index (κ1) is 16.3. The molecule has 6 heteroatoms. The number of nitrogens with zero attached hydrogens (tertiary/aromatic N) is 3. The number of hydrogen-bond acceptors (Lipinski definition) is 6. The van der Waals surface area contributed by atoms with Crippen molar-refractivity contribution in [1.29, 1.82) is 0 Å². The summed E-state index contributed by atoms with van der Waals surface area (Å²) >= 11 is 0. The molecule has 0 unspecified atom stereocenters. The predicted molar refractivity (Wildman–Crippen MR) is 99.6 cm³/mol. The molecular formula is C21H21N3O3. The number of hydrogen-bond donors (Lipinski definition) is 0. The van der Waals surface area contributed by atoms with Gasteiger partial charge in [-0.2, -0.15) is 0 Å². The van der Waals surface area contributed by atoms with Gasteiger partial charge in [0.05, 0.1) is 6.54 Å². The number of benzene rings is 2. The van der Waals surface area contributed by atoms with Gasteiger partial charge in [0.1, 0.15) is 13.2 Å². The Morgan fingerprint density at radius 2 is 1.81 bits per heavy atom. The fraction of sp³-hybridized carbons (Fsp3) is 0.333. The molecule has 0 N–H and O–H groups in total. The lowest BCUT2D eigenvalue weighted by Crippen LogP contribution is -2.23. The average molecular weight is 363 g/mol. The fourth-order valence-electron chi connectivity index (χ4n) is 3.85. The summed E-state index contributed by atoms with van der Waals surface area (Å²) in [6.07, 6.45) is 2.26. The maximum absolute atomic E-state index is 5.90. The van der Waals surface area contributed by atoms with E-state index in [0.29, 0.717) is 37.6 Å². The lowest BCUT2D eigenvalue weighted by Gasteiger charge is -2.25. The molecule has 6 nitrogen and oxygen atoms in total. The van der Waals surface area contributed by atoms with Crippen LogP contribution >= 0.6 is 0 Å². The van der Waals surface area contributed by atoms with Gasteiger partial charge < -0.3 is 13.9 Å². The second-order valence-electron chi connectivity index (χ2n) is 6.90. The Hall–Kier alpha value is -2.86. The van der Waals surface area contributed by atoms with Gasteiger partial charge >= 0.3 is 0 Å². The normalized spacial score (nSPS) is 19.3. The minimum atomic E-state index is 0.327. The van der Waals surface area contributed by atoms with E-state index in [9.17, 15) is 0 Å². The first-order valence-corrected chi connectivity index (χ1v) is 9.38. The van der Waals surface area contributed by atoms with Crippen LogP contribution in [0.25, 0.3) is 11.5 Å². The second kappa shape index (κ2) is 7.04. The van der Waals surface area contributed by atoms with Crippen LogP contribution in [0.1, 0.15) is 30.3 Å². The molecule has 138 valence electrons. The molecule has 0 bridgehead atoms. The summed E-state index contributed by atoms with van der Waals surface area (Å²) in [5.41, 5.74) is 2.20. The Labute approximate surface area is 157 Å². The van der Waals surface area contributed by atoms with Crippen LogP contribution in [0.3, 0.4) is 0 Å². The van der Waals surface area contributed by atoms with E-state index in [1.165, 1.54) is 5.56 Å². The van der Waals surface area contributed by atoms with E-state index >= 15 is 0 Å². The molecule has 3 heterocycles. The Kier molecular flexibility index (Phi) is 4.26. The van der Waals surface area contributed by atoms with Gasteiger partial charge in [0.25, 0.3) is 0 Å². The second-order valence-corrected chi connectivity index (χ2v) is 6.90. The minimum absolute atomic E-state index is 0.327. The molecule has 1 atom stereocenters. The molecule has 2 aliphatic heterocycles. The van der Waals surface area contributed by atoms with Crippen LogP contribution in [0, 0.1) is 0 Å². The SMILES string of the molecule is c1ccc(-c2nnc(CN3CCC[C@H]3c3ccc4c(c3)OCCO4)o2)cc1. The van der Waals surface area contributed by atoms with E-state index in [-0.39, 0.29) is 0 Å². The van der Waals surface area contributed by atoms with Crippen molar-refractivity contribution in [2.24, 2.45) is 0 Å². The van der Waals surface area contributed by atoms with Gasteiger partial charge in [-0.05, 0) is 49.2 Å². The topological polar surface area (TPSA) is 60.6 Å². The summed E-state index contributed by atoms with van der Waals surface area (Å²) in [5.74, 6) is 2.90. The molecular weight excluding hydrogens is 342 g/mol. The Bertz CT molecular complexity index is 925. The molecule has 0 aliphatic carbocycles. The Morgan fingerprint density at radius 1 is 0.963 bits per heavy atom. The van der Waals surface area contributed by atoms with Crippen molar-refractivity contribution in [3.8, 4) is 23.0 Å². The van der Waals surface area contributed by atoms with Crippen LogP contribution in [0.5, 0.6) is 11.5 Å². The van der Waals surface area contributed by atoms with Gasteiger partial charge in [-0.1, -0.05) is 24.3 Å². The summed E-state index contributed by atoms with van der Waals surface area (Å²) in [6, 6.07) is 16.5. The molecule has 1 aromatic heterocycles. The van der Waals surface area contributed by atoms with Crippen molar-refractivity contribution in [3.63, 3.8) is 0 Å². The molecule has 0 amide bonds. The van der Waals surface area contributed by atoms with Gasteiger partial charge in [-0.3, -0.25) is 4.90 Å². The zero-order valence-electron chi connectivity index (χ0n) is 15.0. The van der Waals surface area contributed by atoms with E-state index in [4.69, 9.17) is 13.9 Å². The fourth-order valence-corrected chi connectivity index (χ4v) is 3.85. The number of rotatable bonds is 4. The smallest absolute Gasteiger partial charge is 0.247 e. The summed E-state index contributed by atoms with van der Waals surface area (Å²) in [6.45, 7) is 2.89. The van der Waals surface area contributed by atoms with E-state index in [1.54, 1.807) is 0 Å². The van der Waals surface area contributed by atoms with E-state index in [0.717, 1.165) is 36.4 Å². The third-order valence-electron chi connectivity index (χ3n) is 5.14. The Morgan fingerprint density at radius 3 is 2.70 bits per heavy atom. The quantitative estimate of drug-likeness (QED) is 0.702. The largest absolute Gasteiger partial charge is 0.486 e. The maximum Gasteiger partial charge on any atom is 0.247 e. The molecule has 0 spiro atoms. The monoisotopic (exact) mass is 363 g/mol. The summed E-state index contributed by atoms with van der Waals surface area (Å²) < 4.78 is 17.3. The molecule has 27 heavy (non-hydrogen) atoms. The van der Waals surface area contributed by atoms with Crippen LogP contribution in [0.2, 0.25) is 0 Å². The Balaban J connectivity index is 1.34. The van der Waals surface area contributed by atoms with Gasteiger partial charge in [0, 0.05) is 11.6 Å². The van der Waals surface area contributed by atoms with Crippen molar-refractivity contribution in [2.75, 3.05) is 19.8 Å². The van der Waals surface area contributed by atoms with Gasteiger partial charge in [-0.25, -0.2) is 0 Å². The molecule has 1 fully saturated rings. The first-order valence-electron chi connectivity index (χ1n) is 9.38. The highest BCUT2D eigenvalue weighted by Gasteiger charge is 2.28. The first-order chi connectivity index (χ1) is 13.4. The molecule has 3 aromatic rings. The standard InChI is InChI=1S/C21H21N3O3/c1-2-5-15(6-3-1)21-23-22-20(27-21)14-24-10-4-7-17(24)16-8-9-18-19(13-16)26-12-11-25-18/h1-3,5-6,8-9,13,17H,4,7,10-12,14H2/t17-/m0/s1. The van der Waals surface area contributed by atoms with Crippen LogP contribution < -0.4 is 9.47 Å². The maximum atomic E-state index is 5.90. The number of aromatic nitrogens is 2. The highest BCUT2D eigenvalue weighted by molar-refractivity contribution is 5.51. The van der Waals surface area contributed by atoms with Crippen molar-refractivity contribution in [3.05, 3.63) is 60.0 Å². The predicted octanol–water partition coefficient (Wildman–Crippen LogP) is 3.84. The molecule has 2 aromatic carbocycles. The van der Waals surface area contributed by atoms with Crippen LogP contribution in [-0.4, -0.2) is 34.9 Å². The number of likely N-dealkylation sites (tertiary alicyclic amines) is 1. The van der Waals surface area contributed by atoms with E-state index in [1.807, 2.05) is 36.4 Å². The lowest BCUT2D eigenvalue weighted by molar-refractivity contribution is 0.170. The van der Waals surface area contributed by atoms with Crippen molar-refractivity contribution < 1.29 is 13.9 Å². The molecule has 0 radical (unpaired) electrons. The highest BCUT2D eigenvalue weighted by Crippen LogP contribution is 2.38. The number of ether oxygens (including phenoxy) is 2. The van der Waals surface area contributed by atoms with Crippen LogP contribution in [-0.2, 0) is 6.54 Å². The third kappa shape index (κ3) is 3.28. The summed E-state index contributed by atoms with van der Waals surface area (Å²) in [5, 5.41) is 8.46. The van der Waals surface area contributed by atoms with E-state index in [2.05, 4.69) is 27.2 Å². The highest BCUT2D eigenvalue weighted by atomic mass is 16.6. The van der Waals surface area contributed by atoms with Crippen LogP contribution in [0.15, 0.2) is 52.9 Å². The summed E-state index contributed by atoms with van der Waals surface area (Å²) in [4.78, 5) is 2.40. The summed E-state index contributed by atoms with van der Waals surface area (Å²) in [7, 11) is 0. The average Bonchev–Trinajstić information content (AvgIpc) is 3.38. The van der Waals surface area contributed by atoms with Crippen molar-refractivity contribution in [1.82, 2.24) is 15.1 Å². The van der Waals surface area contributed by atoms with Crippen molar-refractivity contribution in [2.45, 2.75) is 25.4 Å². The van der Waals surface area contributed by atoms with Gasteiger partial charge in [-0.15, -0.1) is 10.2 Å². The minimum Gasteiger partial charge on any atom is -0.486 e. The van der Waals surface area contributed by atoms with E-state index < -0.39 is 0 Å². The molecule has 5 rings (SSSR count). The van der Waals surface area contributed by atoms with Gasteiger partial charge in [0.2, 0.25) is 11.8 Å². The molecule has 0 saturated carbocycles. The van der Waals surface area contributed by atoms with Crippen LogP contribution in [0.4, 0.5) is 0 Å². The third-order valence-corrected chi connectivity index (χ3v) is 5.14. The zero-order valence-corrected chi connectivity index (χ0v) is 15.0. The van der Waals surface area contributed by atoms with Gasteiger partial charge in [0.15, 0.2) is 11.5 Å². The molecule has 2 aliphatic rings.